The monoisotopic (exact) mass is 292 g/mol. The summed E-state index contributed by atoms with van der Waals surface area (Å²) in [6.07, 6.45) is 1.43. The highest BCUT2D eigenvalue weighted by atomic mass is 32.1. The molecule has 0 spiro atoms. The van der Waals surface area contributed by atoms with Crippen LogP contribution in [-0.4, -0.2) is 26.9 Å². The molecule has 0 bridgehead atoms. The summed E-state index contributed by atoms with van der Waals surface area (Å²) in [6.45, 7) is 7.14. The zero-order valence-corrected chi connectivity index (χ0v) is 12.6. The van der Waals surface area contributed by atoms with Crippen molar-refractivity contribution in [1.29, 1.82) is 0 Å². The van der Waals surface area contributed by atoms with Crippen LogP contribution in [0.5, 0.6) is 0 Å². The van der Waals surface area contributed by atoms with Crippen molar-refractivity contribution in [3.05, 3.63) is 33.0 Å². The van der Waals surface area contributed by atoms with Crippen molar-refractivity contribution in [1.82, 2.24) is 20.5 Å². The number of aromatic amines is 1. The number of hydrogen-bond donors (Lipinski definition) is 2. The van der Waals surface area contributed by atoms with E-state index in [0.29, 0.717) is 9.88 Å². The van der Waals surface area contributed by atoms with Crippen molar-refractivity contribution >= 4 is 23.0 Å². The number of rotatable bonds is 4. The Morgan fingerprint density at radius 3 is 2.60 bits per heavy atom. The van der Waals surface area contributed by atoms with Crippen molar-refractivity contribution < 1.29 is 9.59 Å². The molecule has 0 aliphatic heterocycles. The van der Waals surface area contributed by atoms with Gasteiger partial charge in [-0.05, 0) is 20.8 Å². The summed E-state index contributed by atoms with van der Waals surface area (Å²) in [7, 11) is 0. The summed E-state index contributed by atoms with van der Waals surface area (Å²) in [4.78, 5) is 27.7. The molecule has 2 aromatic rings. The van der Waals surface area contributed by atoms with E-state index >= 15 is 0 Å². The summed E-state index contributed by atoms with van der Waals surface area (Å²) < 4.78 is 0. The lowest BCUT2D eigenvalue weighted by atomic mass is 10.1. The molecule has 2 heterocycles. The number of nitrogens with zero attached hydrogens (tertiary/aromatic N) is 2. The van der Waals surface area contributed by atoms with Gasteiger partial charge in [0.2, 0.25) is 0 Å². The van der Waals surface area contributed by atoms with Crippen molar-refractivity contribution in [3.8, 4) is 0 Å². The van der Waals surface area contributed by atoms with Gasteiger partial charge in [0.15, 0.2) is 10.8 Å². The Morgan fingerprint density at radius 2 is 2.10 bits per heavy atom. The highest BCUT2D eigenvalue weighted by Crippen LogP contribution is 2.20. The molecule has 0 unspecified atom stereocenters. The van der Waals surface area contributed by atoms with E-state index in [0.717, 1.165) is 28.3 Å². The van der Waals surface area contributed by atoms with Crippen LogP contribution in [0.1, 0.15) is 56.3 Å². The first-order valence-corrected chi connectivity index (χ1v) is 7.01. The second kappa shape index (κ2) is 5.54. The Balaban J connectivity index is 2.13. The molecule has 7 heteroatoms. The summed E-state index contributed by atoms with van der Waals surface area (Å²) in [5, 5.41) is 10.2. The SMILES string of the molecule is CC(=O)c1ncc(C(=O)N[C@@H](C)c2c(C)n[nH]c2C)s1. The van der Waals surface area contributed by atoms with Gasteiger partial charge in [0.25, 0.3) is 5.91 Å². The third-order valence-corrected chi connectivity index (χ3v) is 4.09. The number of amides is 1. The second-order valence-electron chi connectivity index (χ2n) is 4.63. The highest BCUT2D eigenvalue weighted by molar-refractivity contribution is 7.15. The number of aromatic nitrogens is 3. The molecule has 2 aromatic heterocycles. The van der Waals surface area contributed by atoms with Gasteiger partial charge in [-0.2, -0.15) is 5.10 Å². The molecule has 20 heavy (non-hydrogen) atoms. The van der Waals surface area contributed by atoms with Gasteiger partial charge < -0.3 is 5.32 Å². The number of H-pyrrole nitrogens is 1. The second-order valence-corrected chi connectivity index (χ2v) is 5.66. The zero-order valence-electron chi connectivity index (χ0n) is 11.8. The Kier molecular flexibility index (Phi) is 3.99. The number of Topliss-reactive ketones (excluding diaryl/α,β-unsaturated/α-hetero) is 1. The van der Waals surface area contributed by atoms with Crippen LogP contribution < -0.4 is 5.32 Å². The molecule has 1 amide bonds. The number of ketones is 1. The minimum absolute atomic E-state index is 0.136. The van der Waals surface area contributed by atoms with Crippen molar-refractivity contribution in [2.45, 2.75) is 33.7 Å². The van der Waals surface area contributed by atoms with Gasteiger partial charge in [0.05, 0.1) is 17.9 Å². The fourth-order valence-corrected chi connectivity index (χ4v) is 2.79. The van der Waals surface area contributed by atoms with E-state index in [2.05, 4.69) is 20.5 Å². The van der Waals surface area contributed by atoms with E-state index in [1.807, 2.05) is 20.8 Å². The molecule has 0 fully saturated rings. The Morgan fingerprint density at radius 1 is 1.40 bits per heavy atom. The summed E-state index contributed by atoms with van der Waals surface area (Å²) in [5.41, 5.74) is 2.78. The third kappa shape index (κ3) is 2.77. The van der Waals surface area contributed by atoms with Crippen molar-refractivity contribution in [3.63, 3.8) is 0 Å². The van der Waals surface area contributed by atoms with Crippen LogP contribution in [0.4, 0.5) is 0 Å². The zero-order chi connectivity index (χ0) is 14.9. The van der Waals surface area contributed by atoms with E-state index in [4.69, 9.17) is 0 Å². The fraction of sp³-hybridized carbons (Fsp3) is 0.385. The first-order valence-electron chi connectivity index (χ1n) is 6.19. The molecular formula is C13H16N4O2S. The predicted molar refractivity (Wildman–Crippen MR) is 76.1 cm³/mol. The number of aryl methyl sites for hydroxylation is 2. The quantitative estimate of drug-likeness (QED) is 0.845. The Labute approximate surface area is 120 Å². The lowest BCUT2D eigenvalue weighted by Gasteiger charge is -2.13. The van der Waals surface area contributed by atoms with E-state index in [9.17, 15) is 9.59 Å². The lowest BCUT2D eigenvalue weighted by molar-refractivity contribution is 0.0943. The number of hydrogen-bond acceptors (Lipinski definition) is 5. The average molecular weight is 292 g/mol. The molecule has 0 saturated carbocycles. The first kappa shape index (κ1) is 14.4. The summed E-state index contributed by atoms with van der Waals surface area (Å²) in [6, 6.07) is -0.163. The van der Waals surface area contributed by atoms with Crippen molar-refractivity contribution in [2.24, 2.45) is 0 Å². The van der Waals surface area contributed by atoms with Crippen LogP contribution in [0.3, 0.4) is 0 Å². The van der Waals surface area contributed by atoms with Crippen LogP contribution in [0.15, 0.2) is 6.20 Å². The standard InChI is InChI=1S/C13H16N4O2S/c1-6(11-7(2)16-17-8(11)3)15-12(19)10-5-14-13(20-10)9(4)18/h5-6H,1-4H3,(H,15,19)(H,16,17)/t6-/m0/s1. The molecule has 0 radical (unpaired) electrons. The number of thiazole rings is 1. The fourth-order valence-electron chi connectivity index (χ4n) is 2.08. The average Bonchev–Trinajstić information content (AvgIpc) is 2.96. The van der Waals surface area contributed by atoms with Crippen LogP contribution in [0.2, 0.25) is 0 Å². The molecule has 1 atom stereocenters. The maximum absolute atomic E-state index is 12.1. The minimum Gasteiger partial charge on any atom is -0.345 e. The van der Waals surface area contributed by atoms with E-state index in [1.165, 1.54) is 13.1 Å². The van der Waals surface area contributed by atoms with Crippen LogP contribution >= 0.6 is 11.3 Å². The Bertz CT molecular complexity index is 640. The molecular weight excluding hydrogens is 276 g/mol. The van der Waals surface area contributed by atoms with Crippen LogP contribution in [0.25, 0.3) is 0 Å². The van der Waals surface area contributed by atoms with Crippen LogP contribution in [0, 0.1) is 13.8 Å². The van der Waals surface area contributed by atoms with Gasteiger partial charge in [-0.1, -0.05) is 0 Å². The lowest BCUT2D eigenvalue weighted by Crippen LogP contribution is -2.26. The molecule has 0 saturated heterocycles. The van der Waals surface area contributed by atoms with Gasteiger partial charge in [0.1, 0.15) is 4.88 Å². The van der Waals surface area contributed by atoms with Crippen molar-refractivity contribution in [2.75, 3.05) is 0 Å². The molecule has 6 nitrogen and oxygen atoms in total. The van der Waals surface area contributed by atoms with E-state index in [1.54, 1.807) is 0 Å². The Hall–Kier alpha value is -2.02. The molecule has 0 aliphatic rings. The molecule has 0 aliphatic carbocycles. The summed E-state index contributed by atoms with van der Waals surface area (Å²) >= 11 is 1.10. The first-order chi connectivity index (χ1) is 9.40. The minimum atomic E-state index is -0.234. The van der Waals surface area contributed by atoms with Crippen LogP contribution in [-0.2, 0) is 0 Å². The number of carbonyl (C=O) groups is 2. The number of nitrogens with one attached hydrogen (secondary N) is 2. The smallest absolute Gasteiger partial charge is 0.263 e. The van der Waals surface area contributed by atoms with Gasteiger partial charge in [-0.25, -0.2) is 4.98 Å². The van der Waals surface area contributed by atoms with E-state index < -0.39 is 0 Å². The largest absolute Gasteiger partial charge is 0.345 e. The molecule has 2 N–H and O–H groups in total. The number of carbonyl (C=O) groups excluding carboxylic acids is 2. The molecule has 106 valence electrons. The van der Waals surface area contributed by atoms with Gasteiger partial charge in [0, 0.05) is 18.2 Å². The van der Waals surface area contributed by atoms with E-state index in [-0.39, 0.29) is 17.7 Å². The molecule has 2 rings (SSSR count). The third-order valence-electron chi connectivity index (χ3n) is 3.00. The summed E-state index contributed by atoms with van der Waals surface area (Å²) in [5.74, 6) is -0.369. The maximum Gasteiger partial charge on any atom is 0.263 e. The van der Waals surface area contributed by atoms with Gasteiger partial charge in [-0.3, -0.25) is 14.7 Å². The maximum atomic E-state index is 12.1. The van der Waals surface area contributed by atoms with Gasteiger partial charge in [-0.15, -0.1) is 11.3 Å². The topological polar surface area (TPSA) is 87.7 Å². The molecule has 0 aromatic carbocycles. The predicted octanol–water partition coefficient (Wildman–Crippen LogP) is 2.18. The van der Waals surface area contributed by atoms with Gasteiger partial charge >= 0.3 is 0 Å². The highest BCUT2D eigenvalue weighted by Gasteiger charge is 2.19. The normalized spacial score (nSPS) is 12.2.